The number of carbonyl (C=O) groups is 1. The molecule has 3 rings (SSSR count). The van der Waals surface area contributed by atoms with Gasteiger partial charge in [0.05, 0.1) is 21.8 Å². The Morgan fingerprint density at radius 1 is 1.03 bits per heavy atom. The van der Waals surface area contributed by atoms with Gasteiger partial charge < -0.3 is 4.90 Å². The van der Waals surface area contributed by atoms with Crippen molar-refractivity contribution in [3.05, 3.63) is 64.7 Å². The van der Waals surface area contributed by atoms with Crippen molar-refractivity contribution in [2.45, 2.75) is 63.3 Å². The van der Waals surface area contributed by atoms with E-state index in [4.69, 9.17) is 4.98 Å². The lowest BCUT2D eigenvalue weighted by atomic mass is 10.1. The molecule has 0 fully saturated rings. The molecule has 2 aromatic carbocycles. The Hall–Kier alpha value is -2.67. The molecular weight excluding hydrogens is 437 g/mol. The molecule has 5 nitrogen and oxygen atoms in total. The molecule has 1 aromatic heterocycles. The highest BCUT2D eigenvalue weighted by Gasteiger charge is 2.27. The molecule has 1 atom stereocenters. The minimum atomic E-state index is -0.375. The molecule has 7 heteroatoms. The first kappa shape index (κ1) is 25.0. The summed E-state index contributed by atoms with van der Waals surface area (Å²) in [6.45, 7) is 7.67. The van der Waals surface area contributed by atoms with Crippen molar-refractivity contribution in [1.82, 2.24) is 14.5 Å². The van der Waals surface area contributed by atoms with E-state index in [1.54, 1.807) is 30.3 Å². The Bertz CT molecular complexity index is 1120. The molecule has 1 unspecified atom stereocenters. The molecule has 0 saturated heterocycles. The van der Waals surface area contributed by atoms with Gasteiger partial charge in [-0.05, 0) is 55.7 Å². The summed E-state index contributed by atoms with van der Waals surface area (Å²) in [5, 5.41) is 0.594. The number of halogens is 1. The molecule has 1 amide bonds. The van der Waals surface area contributed by atoms with E-state index in [2.05, 4.69) is 20.8 Å². The maximum atomic E-state index is 13.6. The van der Waals surface area contributed by atoms with Crippen LogP contribution in [0.1, 0.15) is 52.9 Å². The lowest BCUT2D eigenvalue weighted by molar-refractivity contribution is -0.130. The number of thioether (sulfide) groups is 1. The third kappa shape index (κ3) is 6.02. The molecular formula is C26H32FN3O2S. The zero-order valence-electron chi connectivity index (χ0n) is 19.6. The van der Waals surface area contributed by atoms with Crippen LogP contribution in [-0.2, 0) is 4.79 Å². The smallest absolute Gasteiger partial charge is 0.266 e. The van der Waals surface area contributed by atoms with Crippen molar-refractivity contribution >= 4 is 28.6 Å². The fourth-order valence-electron chi connectivity index (χ4n) is 3.83. The van der Waals surface area contributed by atoms with Gasteiger partial charge in [0, 0.05) is 13.1 Å². The van der Waals surface area contributed by atoms with Crippen LogP contribution in [0, 0.1) is 5.82 Å². The van der Waals surface area contributed by atoms with Crippen LogP contribution in [0.3, 0.4) is 0 Å². The first-order valence-electron chi connectivity index (χ1n) is 11.7. The van der Waals surface area contributed by atoms with E-state index in [0.717, 1.165) is 25.7 Å². The average Bonchev–Trinajstić information content (AvgIpc) is 2.82. The van der Waals surface area contributed by atoms with Crippen LogP contribution >= 0.6 is 11.8 Å². The molecule has 0 N–H and O–H groups in total. The summed E-state index contributed by atoms with van der Waals surface area (Å²) in [5.74, 6) is -0.286. The number of hydrogen-bond acceptors (Lipinski definition) is 4. The molecule has 0 aliphatic carbocycles. The summed E-state index contributed by atoms with van der Waals surface area (Å²) < 4.78 is 15.1. The first-order valence-corrected chi connectivity index (χ1v) is 12.6. The molecule has 3 aromatic rings. The van der Waals surface area contributed by atoms with Gasteiger partial charge in [-0.1, -0.05) is 57.5 Å². The van der Waals surface area contributed by atoms with E-state index in [-0.39, 0.29) is 22.5 Å². The second kappa shape index (κ2) is 12.0. The first-order chi connectivity index (χ1) is 16.0. The van der Waals surface area contributed by atoms with E-state index in [1.807, 2.05) is 11.0 Å². The summed E-state index contributed by atoms with van der Waals surface area (Å²) in [4.78, 5) is 33.7. The third-order valence-electron chi connectivity index (χ3n) is 5.47. The van der Waals surface area contributed by atoms with Crippen molar-refractivity contribution in [3.8, 4) is 5.69 Å². The van der Waals surface area contributed by atoms with Crippen LogP contribution in [0.2, 0.25) is 0 Å². The predicted octanol–water partition coefficient (Wildman–Crippen LogP) is 5.82. The Kier molecular flexibility index (Phi) is 9.06. The Morgan fingerprint density at radius 3 is 2.33 bits per heavy atom. The number of para-hydroxylation sites is 1. The number of fused-ring (bicyclic) bond motifs is 1. The number of nitrogens with zero attached hydrogens (tertiary/aromatic N) is 3. The normalized spacial score (nSPS) is 12.1. The van der Waals surface area contributed by atoms with Gasteiger partial charge in [0.1, 0.15) is 5.82 Å². The third-order valence-corrected chi connectivity index (χ3v) is 6.68. The van der Waals surface area contributed by atoms with Gasteiger partial charge >= 0.3 is 0 Å². The zero-order chi connectivity index (χ0) is 23.8. The average molecular weight is 470 g/mol. The Balaban J connectivity index is 2.10. The van der Waals surface area contributed by atoms with Gasteiger partial charge in [-0.15, -0.1) is 0 Å². The van der Waals surface area contributed by atoms with Crippen molar-refractivity contribution in [3.63, 3.8) is 0 Å². The number of unbranched alkanes of at least 4 members (excludes halogenated alkanes) is 1. The summed E-state index contributed by atoms with van der Waals surface area (Å²) in [7, 11) is 0. The molecule has 0 saturated carbocycles. The number of aromatic nitrogens is 2. The zero-order valence-corrected chi connectivity index (χ0v) is 20.4. The molecule has 0 radical (unpaired) electrons. The molecule has 0 aliphatic rings. The van der Waals surface area contributed by atoms with Gasteiger partial charge in [-0.3, -0.25) is 14.2 Å². The van der Waals surface area contributed by atoms with E-state index >= 15 is 0 Å². The SMILES string of the molecule is CCCCC(Sc1nc2ccccc2c(=O)n1-c1ccc(F)cc1)C(=O)N(CCC)CCC. The molecule has 1 heterocycles. The Labute approximate surface area is 199 Å². The highest BCUT2D eigenvalue weighted by atomic mass is 32.2. The number of amides is 1. The second-order valence-corrected chi connectivity index (χ2v) is 9.27. The van der Waals surface area contributed by atoms with Crippen molar-refractivity contribution in [2.24, 2.45) is 0 Å². The highest BCUT2D eigenvalue weighted by molar-refractivity contribution is 8.00. The molecule has 176 valence electrons. The number of carbonyl (C=O) groups excluding carboxylic acids is 1. The summed E-state index contributed by atoms with van der Waals surface area (Å²) in [5.41, 5.74) is 0.891. The van der Waals surface area contributed by atoms with Gasteiger partial charge in [-0.25, -0.2) is 9.37 Å². The number of hydrogen-bond donors (Lipinski definition) is 0. The van der Waals surface area contributed by atoms with E-state index < -0.39 is 0 Å². The highest BCUT2D eigenvalue weighted by Crippen LogP contribution is 2.29. The summed E-state index contributed by atoms with van der Waals surface area (Å²) in [6.07, 6.45) is 4.37. The lowest BCUT2D eigenvalue weighted by Crippen LogP contribution is -2.39. The van der Waals surface area contributed by atoms with Crippen LogP contribution in [0.5, 0.6) is 0 Å². The van der Waals surface area contributed by atoms with Gasteiger partial charge in [0.15, 0.2) is 5.16 Å². The minimum absolute atomic E-state index is 0.0882. The predicted molar refractivity (Wildman–Crippen MR) is 134 cm³/mol. The maximum absolute atomic E-state index is 13.6. The fraction of sp³-hybridized carbons (Fsp3) is 0.423. The van der Waals surface area contributed by atoms with Crippen molar-refractivity contribution in [1.29, 1.82) is 0 Å². The monoisotopic (exact) mass is 469 g/mol. The van der Waals surface area contributed by atoms with Crippen LogP contribution < -0.4 is 5.56 Å². The van der Waals surface area contributed by atoms with Gasteiger partial charge in [-0.2, -0.15) is 0 Å². The van der Waals surface area contributed by atoms with Gasteiger partial charge in [0.25, 0.3) is 5.56 Å². The fourth-order valence-corrected chi connectivity index (χ4v) is 5.07. The standard InChI is InChI=1S/C26H32FN3O2S/c1-4-7-12-23(25(32)29(17-5-2)18-6-3)33-26-28-22-11-9-8-10-21(22)24(31)30(26)20-15-13-19(27)14-16-20/h8-11,13-16,23H,4-7,12,17-18H2,1-3H3. The topological polar surface area (TPSA) is 55.2 Å². The second-order valence-electron chi connectivity index (χ2n) is 8.10. The van der Waals surface area contributed by atoms with Crippen molar-refractivity contribution in [2.75, 3.05) is 13.1 Å². The molecule has 0 aliphatic heterocycles. The minimum Gasteiger partial charge on any atom is -0.342 e. The number of rotatable bonds is 11. The van der Waals surface area contributed by atoms with Crippen LogP contribution in [0.4, 0.5) is 4.39 Å². The van der Waals surface area contributed by atoms with E-state index in [1.165, 1.54) is 28.5 Å². The molecule has 0 spiro atoms. The largest absolute Gasteiger partial charge is 0.342 e. The summed E-state index contributed by atoms with van der Waals surface area (Å²) >= 11 is 1.34. The molecule has 33 heavy (non-hydrogen) atoms. The van der Waals surface area contributed by atoms with E-state index in [9.17, 15) is 14.0 Å². The lowest BCUT2D eigenvalue weighted by Gasteiger charge is -2.27. The van der Waals surface area contributed by atoms with Crippen LogP contribution in [0.25, 0.3) is 16.6 Å². The number of benzene rings is 2. The van der Waals surface area contributed by atoms with Crippen LogP contribution in [-0.4, -0.2) is 38.7 Å². The van der Waals surface area contributed by atoms with Crippen molar-refractivity contribution < 1.29 is 9.18 Å². The van der Waals surface area contributed by atoms with Crippen LogP contribution in [0.15, 0.2) is 58.5 Å². The van der Waals surface area contributed by atoms with E-state index in [0.29, 0.717) is 41.3 Å². The van der Waals surface area contributed by atoms with Gasteiger partial charge in [0.2, 0.25) is 5.91 Å². The summed E-state index contributed by atoms with van der Waals surface area (Å²) in [6, 6.07) is 13.0. The maximum Gasteiger partial charge on any atom is 0.266 e. The Morgan fingerprint density at radius 2 is 1.70 bits per heavy atom. The molecule has 0 bridgehead atoms. The quantitative estimate of drug-likeness (QED) is 0.262.